The van der Waals surface area contributed by atoms with Crippen molar-refractivity contribution in [3.05, 3.63) is 11.7 Å². The summed E-state index contributed by atoms with van der Waals surface area (Å²) in [5.74, 6) is 2.58. The molecule has 0 bridgehead atoms. The first kappa shape index (κ1) is 22.1. The third kappa shape index (κ3) is 7.08. The lowest BCUT2D eigenvalue weighted by molar-refractivity contribution is 0.167. The zero-order valence-corrected chi connectivity index (χ0v) is 18.4. The average Bonchev–Trinajstić information content (AvgIpc) is 3.03. The Morgan fingerprint density at radius 3 is 2.48 bits per heavy atom. The van der Waals surface area contributed by atoms with Crippen LogP contribution in [0.1, 0.15) is 58.2 Å². The molecular weight excluding hydrogens is 431 g/mol. The van der Waals surface area contributed by atoms with Crippen LogP contribution < -0.4 is 10.6 Å². The largest absolute Gasteiger partial charge is 0.356 e. The summed E-state index contributed by atoms with van der Waals surface area (Å²) in [6, 6.07) is 1.12. The number of guanidine groups is 1. The molecular formula is C17H33IN6O. The highest BCUT2D eigenvalue weighted by molar-refractivity contribution is 14.0. The van der Waals surface area contributed by atoms with Crippen molar-refractivity contribution in [1.29, 1.82) is 0 Å². The molecule has 25 heavy (non-hydrogen) atoms. The Morgan fingerprint density at radius 1 is 1.28 bits per heavy atom. The normalized spacial score (nSPS) is 17.0. The van der Waals surface area contributed by atoms with Gasteiger partial charge < -0.3 is 20.1 Å². The molecule has 8 heteroatoms. The van der Waals surface area contributed by atoms with E-state index in [1.165, 1.54) is 0 Å². The van der Waals surface area contributed by atoms with E-state index in [0.717, 1.165) is 44.3 Å². The van der Waals surface area contributed by atoms with Crippen LogP contribution in [0.3, 0.4) is 0 Å². The fraction of sp³-hybridized carbons (Fsp3) is 0.824. The van der Waals surface area contributed by atoms with E-state index in [9.17, 15) is 0 Å². The van der Waals surface area contributed by atoms with Crippen LogP contribution in [0.2, 0.25) is 0 Å². The lowest BCUT2D eigenvalue weighted by Crippen LogP contribution is -2.50. The molecule has 0 unspecified atom stereocenters. The number of likely N-dealkylation sites (tertiary alicyclic amines) is 1. The summed E-state index contributed by atoms with van der Waals surface area (Å²) in [7, 11) is 1.81. The van der Waals surface area contributed by atoms with Gasteiger partial charge in [-0.25, -0.2) is 0 Å². The Morgan fingerprint density at radius 2 is 1.96 bits per heavy atom. The number of nitrogens with zero attached hydrogens (tertiary/aromatic N) is 4. The smallest absolute Gasteiger partial charge is 0.228 e. The maximum absolute atomic E-state index is 5.26. The maximum atomic E-state index is 5.26. The van der Waals surface area contributed by atoms with Gasteiger partial charge >= 0.3 is 0 Å². The first-order chi connectivity index (χ1) is 11.5. The van der Waals surface area contributed by atoms with Crippen LogP contribution in [0.5, 0.6) is 0 Å². The molecule has 1 fully saturated rings. The molecule has 0 aliphatic carbocycles. The van der Waals surface area contributed by atoms with Crippen molar-refractivity contribution in [2.24, 2.45) is 4.99 Å². The zero-order chi connectivity index (χ0) is 17.5. The molecule has 0 radical (unpaired) electrons. The summed E-state index contributed by atoms with van der Waals surface area (Å²) in [6.45, 7) is 11.7. The number of rotatable bonds is 6. The number of aromatic nitrogens is 2. The Bertz CT molecular complexity index is 523. The van der Waals surface area contributed by atoms with Crippen LogP contribution in [-0.4, -0.2) is 59.8 Å². The van der Waals surface area contributed by atoms with Gasteiger partial charge in [-0.1, -0.05) is 19.0 Å². The highest BCUT2D eigenvalue weighted by atomic mass is 127. The van der Waals surface area contributed by atoms with E-state index in [-0.39, 0.29) is 24.0 Å². The van der Waals surface area contributed by atoms with Gasteiger partial charge in [-0.2, -0.15) is 4.98 Å². The van der Waals surface area contributed by atoms with E-state index in [1.54, 1.807) is 0 Å². The van der Waals surface area contributed by atoms with Gasteiger partial charge in [0.15, 0.2) is 11.8 Å². The zero-order valence-electron chi connectivity index (χ0n) is 16.1. The molecule has 0 saturated carbocycles. The minimum absolute atomic E-state index is 0. The first-order valence-electron chi connectivity index (χ1n) is 9.03. The lowest BCUT2D eigenvalue weighted by Gasteiger charge is -2.35. The van der Waals surface area contributed by atoms with Gasteiger partial charge in [0.25, 0.3) is 0 Å². The van der Waals surface area contributed by atoms with Crippen molar-refractivity contribution in [3.63, 3.8) is 0 Å². The standard InChI is InChI=1S/C17H32N6O.HI/c1-12(2)16-21-15(24-22-16)6-9-19-17(18-5)20-14-7-10-23(11-8-14)13(3)4;/h12-14H,6-11H2,1-5H3,(H2,18,19,20);1H. The quantitative estimate of drug-likeness (QED) is 0.383. The number of piperidine rings is 1. The Kier molecular flexibility index (Phi) is 9.70. The number of nitrogens with one attached hydrogen (secondary N) is 2. The van der Waals surface area contributed by atoms with E-state index in [0.29, 0.717) is 30.3 Å². The van der Waals surface area contributed by atoms with E-state index < -0.39 is 0 Å². The second-order valence-corrected chi connectivity index (χ2v) is 7.00. The summed E-state index contributed by atoms with van der Waals surface area (Å²) in [4.78, 5) is 11.2. The van der Waals surface area contributed by atoms with Gasteiger partial charge in [0.1, 0.15) is 0 Å². The van der Waals surface area contributed by atoms with Gasteiger partial charge in [-0.05, 0) is 26.7 Å². The van der Waals surface area contributed by atoms with E-state index in [2.05, 4.69) is 58.4 Å². The minimum Gasteiger partial charge on any atom is -0.356 e. The average molecular weight is 464 g/mol. The van der Waals surface area contributed by atoms with Crippen LogP contribution in [0.4, 0.5) is 0 Å². The van der Waals surface area contributed by atoms with Crippen molar-refractivity contribution in [2.75, 3.05) is 26.7 Å². The summed E-state index contributed by atoms with van der Waals surface area (Å²) >= 11 is 0. The van der Waals surface area contributed by atoms with Crippen LogP contribution in [0.15, 0.2) is 9.52 Å². The molecule has 2 N–H and O–H groups in total. The van der Waals surface area contributed by atoms with Crippen LogP contribution in [0, 0.1) is 0 Å². The molecule has 0 spiro atoms. The third-order valence-electron chi connectivity index (χ3n) is 4.46. The molecule has 7 nitrogen and oxygen atoms in total. The highest BCUT2D eigenvalue weighted by Gasteiger charge is 2.21. The second kappa shape index (κ2) is 10.9. The monoisotopic (exact) mass is 464 g/mol. The molecule has 1 aliphatic heterocycles. The minimum atomic E-state index is 0. The fourth-order valence-electron chi connectivity index (χ4n) is 2.84. The lowest BCUT2D eigenvalue weighted by atomic mass is 10.0. The molecule has 1 aliphatic rings. The number of aliphatic imine (C=N–C) groups is 1. The van der Waals surface area contributed by atoms with Gasteiger partial charge in [0.2, 0.25) is 5.89 Å². The van der Waals surface area contributed by atoms with Crippen LogP contribution >= 0.6 is 24.0 Å². The Labute approximate surface area is 168 Å². The summed E-state index contributed by atoms with van der Waals surface area (Å²) < 4.78 is 5.26. The topological polar surface area (TPSA) is 78.6 Å². The van der Waals surface area contributed by atoms with Gasteiger partial charge in [0.05, 0.1) is 0 Å². The van der Waals surface area contributed by atoms with Crippen molar-refractivity contribution in [2.45, 2.75) is 65.0 Å². The molecule has 1 saturated heterocycles. The van der Waals surface area contributed by atoms with E-state index in [1.807, 2.05) is 7.05 Å². The molecule has 2 rings (SSSR count). The molecule has 1 aromatic heterocycles. The van der Waals surface area contributed by atoms with Crippen molar-refractivity contribution < 1.29 is 4.52 Å². The molecule has 0 aromatic carbocycles. The highest BCUT2D eigenvalue weighted by Crippen LogP contribution is 2.13. The van der Waals surface area contributed by atoms with Crippen molar-refractivity contribution in [3.8, 4) is 0 Å². The fourth-order valence-corrected chi connectivity index (χ4v) is 2.84. The summed E-state index contributed by atoms with van der Waals surface area (Å²) in [5, 5.41) is 10.8. The van der Waals surface area contributed by atoms with Crippen molar-refractivity contribution >= 4 is 29.9 Å². The predicted molar refractivity (Wildman–Crippen MR) is 112 cm³/mol. The van der Waals surface area contributed by atoms with Gasteiger partial charge in [-0.15, -0.1) is 24.0 Å². The Balaban J connectivity index is 0.00000312. The number of hydrogen-bond donors (Lipinski definition) is 2. The molecule has 0 atom stereocenters. The molecule has 2 heterocycles. The number of halogens is 1. The maximum Gasteiger partial charge on any atom is 0.228 e. The van der Waals surface area contributed by atoms with Gasteiger partial charge in [-0.3, -0.25) is 4.99 Å². The van der Waals surface area contributed by atoms with E-state index >= 15 is 0 Å². The predicted octanol–water partition coefficient (Wildman–Crippen LogP) is 2.39. The molecule has 144 valence electrons. The van der Waals surface area contributed by atoms with Gasteiger partial charge in [0, 0.05) is 51.1 Å². The SMILES string of the molecule is CN=C(NCCc1nc(C(C)C)no1)NC1CCN(C(C)C)CC1.I. The first-order valence-corrected chi connectivity index (χ1v) is 9.03. The molecule has 1 aromatic rings. The van der Waals surface area contributed by atoms with E-state index in [4.69, 9.17) is 4.52 Å². The third-order valence-corrected chi connectivity index (χ3v) is 4.46. The number of hydrogen-bond acceptors (Lipinski definition) is 5. The summed E-state index contributed by atoms with van der Waals surface area (Å²) in [5.41, 5.74) is 0. The summed E-state index contributed by atoms with van der Waals surface area (Å²) in [6.07, 6.45) is 3.01. The second-order valence-electron chi connectivity index (χ2n) is 7.00. The van der Waals surface area contributed by atoms with Crippen LogP contribution in [0.25, 0.3) is 0 Å². The molecule has 0 amide bonds. The Hall–Kier alpha value is -0.900. The van der Waals surface area contributed by atoms with Crippen molar-refractivity contribution in [1.82, 2.24) is 25.7 Å². The van der Waals surface area contributed by atoms with Crippen LogP contribution in [-0.2, 0) is 6.42 Å².